The SMILES string of the molecule is CN(CCN)C[C@@H]1CCCN(C(=O)OCc2ccccc2)C1. The molecule has 1 fully saturated rings. The third kappa shape index (κ3) is 5.31. The summed E-state index contributed by atoms with van der Waals surface area (Å²) in [4.78, 5) is 16.3. The molecule has 1 aliphatic rings. The molecule has 0 bridgehead atoms. The van der Waals surface area contributed by atoms with Gasteiger partial charge >= 0.3 is 6.09 Å². The van der Waals surface area contributed by atoms with Crippen LogP contribution in [0.5, 0.6) is 0 Å². The minimum absolute atomic E-state index is 0.199. The van der Waals surface area contributed by atoms with E-state index < -0.39 is 0 Å². The van der Waals surface area contributed by atoms with E-state index >= 15 is 0 Å². The van der Waals surface area contributed by atoms with Crippen LogP contribution < -0.4 is 5.73 Å². The summed E-state index contributed by atoms with van der Waals surface area (Å²) in [6.07, 6.45) is 2.01. The smallest absolute Gasteiger partial charge is 0.410 e. The number of nitrogens with two attached hydrogens (primary N) is 1. The number of nitrogens with zero attached hydrogens (tertiary/aromatic N) is 2. The number of carbonyl (C=O) groups is 1. The minimum Gasteiger partial charge on any atom is -0.445 e. The Labute approximate surface area is 133 Å². The molecule has 1 heterocycles. The molecule has 0 unspecified atom stereocenters. The highest BCUT2D eigenvalue weighted by atomic mass is 16.6. The van der Waals surface area contributed by atoms with Crippen LogP contribution in [0.25, 0.3) is 0 Å². The molecule has 1 aromatic rings. The van der Waals surface area contributed by atoms with Gasteiger partial charge in [-0.1, -0.05) is 30.3 Å². The first-order valence-corrected chi connectivity index (χ1v) is 8.03. The second kappa shape index (κ2) is 8.76. The molecule has 1 aliphatic heterocycles. The maximum absolute atomic E-state index is 12.2. The molecular weight excluding hydrogens is 278 g/mol. The maximum Gasteiger partial charge on any atom is 0.410 e. The summed E-state index contributed by atoms with van der Waals surface area (Å²) in [5, 5.41) is 0. The number of benzene rings is 1. The van der Waals surface area contributed by atoms with Gasteiger partial charge in [-0.15, -0.1) is 0 Å². The Balaban J connectivity index is 1.77. The lowest BCUT2D eigenvalue weighted by Crippen LogP contribution is -2.43. The van der Waals surface area contributed by atoms with Crippen LogP contribution in [-0.2, 0) is 11.3 Å². The van der Waals surface area contributed by atoms with Gasteiger partial charge in [-0.05, 0) is 31.4 Å². The summed E-state index contributed by atoms with van der Waals surface area (Å²) < 4.78 is 5.42. The van der Waals surface area contributed by atoms with Crippen molar-refractivity contribution in [2.75, 3.05) is 39.8 Å². The molecule has 1 atom stereocenters. The standard InChI is InChI=1S/C17H27N3O2/c1-19(11-9-18)12-16-8-5-10-20(13-16)17(21)22-14-15-6-3-2-4-7-15/h2-4,6-7,16H,5,8-14,18H2,1H3/t16-/m0/s1. The third-order valence-corrected chi connectivity index (χ3v) is 4.06. The second-order valence-corrected chi connectivity index (χ2v) is 6.05. The highest BCUT2D eigenvalue weighted by Gasteiger charge is 2.25. The molecule has 2 N–H and O–H groups in total. The van der Waals surface area contributed by atoms with Gasteiger partial charge in [0.1, 0.15) is 6.61 Å². The van der Waals surface area contributed by atoms with Gasteiger partial charge in [-0.25, -0.2) is 4.79 Å². The average molecular weight is 305 g/mol. The van der Waals surface area contributed by atoms with E-state index in [0.29, 0.717) is 19.1 Å². The van der Waals surface area contributed by atoms with Gasteiger partial charge in [0.25, 0.3) is 0 Å². The van der Waals surface area contributed by atoms with Crippen molar-refractivity contribution < 1.29 is 9.53 Å². The van der Waals surface area contributed by atoms with Crippen LogP contribution in [0.15, 0.2) is 30.3 Å². The van der Waals surface area contributed by atoms with Crippen LogP contribution in [0, 0.1) is 5.92 Å². The summed E-state index contributed by atoms with van der Waals surface area (Å²) in [7, 11) is 2.08. The lowest BCUT2D eigenvalue weighted by molar-refractivity contribution is 0.0742. The lowest BCUT2D eigenvalue weighted by atomic mass is 9.98. The Bertz CT molecular complexity index is 452. The van der Waals surface area contributed by atoms with E-state index in [1.165, 1.54) is 0 Å². The van der Waals surface area contributed by atoms with Crippen molar-refractivity contribution in [2.45, 2.75) is 19.4 Å². The van der Waals surface area contributed by atoms with Crippen molar-refractivity contribution in [1.29, 1.82) is 0 Å². The molecule has 5 nitrogen and oxygen atoms in total. The van der Waals surface area contributed by atoms with Crippen molar-refractivity contribution >= 4 is 6.09 Å². The van der Waals surface area contributed by atoms with Crippen molar-refractivity contribution in [1.82, 2.24) is 9.80 Å². The van der Waals surface area contributed by atoms with E-state index in [-0.39, 0.29) is 6.09 Å². The Morgan fingerprint density at radius 3 is 2.91 bits per heavy atom. The molecule has 1 aromatic carbocycles. The number of rotatable bonds is 6. The number of piperidine rings is 1. The van der Waals surface area contributed by atoms with Gasteiger partial charge in [-0.2, -0.15) is 0 Å². The number of amides is 1. The summed E-state index contributed by atoms with van der Waals surface area (Å²) in [5.41, 5.74) is 6.60. The fourth-order valence-electron chi connectivity index (χ4n) is 2.94. The molecule has 2 rings (SSSR count). The van der Waals surface area contributed by atoms with E-state index in [9.17, 15) is 4.79 Å². The summed E-state index contributed by atoms with van der Waals surface area (Å²) in [6, 6.07) is 9.79. The topological polar surface area (TPSA) is 58.8 Å². The predicted molar refractivity (Wildman–Crippen MR) is 87.5 cm³/mol. The molecule has 0 aliphatic carbocycles. The van der Waals surface area contributed by atoms with E-state index in [2.05, 4.69) is 11.9 Å². The zero-order chi connectivity index (χ0) is 15.8. The summed E-state index contributed by atoms with van der Waals surface area (Å²) >= 11 is 0. The third-order valence-electron chi connectivity index (χ3n) is 4.06. The Kier molecular flexibility index (Phi) is 6.68. The van der Waals surface area contributed by atoms with Crippen LogP contribution in [0.4, 0.5) is 4.79 Å². The first-order chi connectivity index (χ1) is 10.7. The molecule has 0 radical (unpaired) electrons. The highest BCUT2D eigenvalue weighted by molar-refractivity contribution is 5.67. The number of likely N-dealkylation sites (tertiary alicyclic amines) is 1. The average Bonchev–Trinajstić information content (AvgIpc) is 2.54. The molecule has 0 spiro atoms. The van der Waals surface area contributed by atoms with Crippen molar-refractivity contribution in [3.05, 3.63) is 35.9 Å². The van der Waals surface area contributed by atoms with Crippen LogP contribution in [0.1, 0.15) is 18.4 Å². The van der Waals surface area contributed by atoms with E-state index in [1.807, 2.05) is 35.2 Å². The van der Waals surface area contributed by atoms with Gasteiger partial charge in [0.05, 0.1) is 0 Å². The molecule has 0 saturated carbocycles. The first kappa shape index (κ1) is 16.8. The second-order valence-electron chi connectivity index (χ2n) is 6.05. The quantitative estimate of drug-likeness (QED) is 0.872. The molecule has 1 amide bonds. The van der Waals surface area contributed by atoms with Gasteiger partial charge in [0, 0.05) is 32.7 Å². The molecule has 0 aromatic heterocycles. The predicted octanol–water partition coefficient (Wildman–Crippen LogP) is 1.93. The van der Waals surface area contributed by atoms with Crippen molar-refractivity contribution in [3.63, 3.8) is 0 Å². The van der Waals surface area contributed by atoms with Gasteiger partial charge in [0.15, 0.2) is 0 Å². The van der Waals surface area contributed by atoms with E-state index in [1.54, 1.807) is 0 Å². The number of hydrogen-bond donors (Lipinski definition) is 1. The van der Waals surface area contributed by atoms with Crippen LogP contribution >= 0.6 is 0 Å². The largest absolute Gasteiger partial charge is 0.445 e. The molecule has 1 saturated heterocycles. The molecule has 22 heavy (non-hydrogen) atoms. The number of ether oxygens (including phenoxy) is 1. The monoisotopic (exact) mass is 305 g/mol. The first-order valence-electron chi connectivity index (χ1n) is 8.03. The van der Waals surface area contributed by atoms with Crippen molar-refractivity contribution in [2.24, 2.45) is 11.7 Å². The minimum atomic E-state index is -0.199. The zero-order valence-electron chi connectivity index (χ0n) is 13.4. The van der Waals surface area contributed by atoms with Crippen LogP contribution in [0.3, 0.4) is 0 Å². The number of hydrogen-bond acceptors (Lipinski definition) is 4. The fourth-order valence-corrected chi connectivity index (χ4v) is 2.94. The summed E-state index contributed by atoms with van der Waals surface area (Å²) in [5.74, 6) is 0.509. The molecule has 122 valence electrons. The van der Waals surface area contributed by atoms with E-state index in [0.717, 1.165) is 44.6 Å². The summed E-state index contributed by atoms with van der Waals surface area (Å²) in [6.45, 7) is 4.47. The highest BCUT2D eigenvalue weighted by Crippen LogP contribution is 2.18. The molecular formula is C17H27N3O2. The maximum atomic E-state index is 12.2. The number of carbonyl (C=O) groups excluding carboxylic acids is 1. The Hall–Kier alpha value is -1.59. The van der Waals surface area contributed by atoms with Crippen LogP contribution in [0.2, 0.25) is 0 Å². The Morgan fingerprint density at radius 2 is 2.18 bits per heavy atom. The Morgan fingerprint density at radius 1 is 1.41 bits per heavy atom. The lowest BCUT2D eigenvalue weighted by Gasteiger charge is -2.34. The van der Waals surface area contributed by atoms with Gasteiger partial charge in [0.2, 0.25) is 0 Å². The van der Waals surface area contributed by atoms with E-state index in [4.69, 9.17) is 10.5 Å². The van der Waals surface area contributed by atoms with Gasteiger partial charge < -0.3 is 20.3 Å². The van der Waals surface area contributed by atoms with Crippen LogP contribution in [-0.4, -0.2) is 55.7 Å². The zero-order valence-corrected chi connectivity index (χ0v) is 13.4. The normalized spacial score (nSPS) is 18.5. The number of likely N-dealkylation sites (N-methyl/N-ethyl adjacent to an activating group) is 1. The fraction of sp³-hybridized carbons (Fsp3) is 0.588. The van der Waals surface area contributed by atoms with Gasteiger partial charge in [-0.3, -0.25) is 0 Å². The van der Waals surface area contributed by atoms with Crippen molar-refractivity contribution in [3.8, 4) is 0 Å². The molecule has 5 heteroatoms.